The van der Waals surface area contributed by atoms with Gasteiger partial charge in [0.25, 0.3) is 0 Å². The molecule has 8 rings (SSSR count). The van der Waals surface area contributed by atoms with E-state index in [2.05, 4.69) is 58.0 Å². The number of anilines is 2. The van der Waals surface area contributed by atoms with Crippen molar-refractivity contribution in [1.82, 2.24) is 25.2 Å². The molecule has 9 nitrogen and oxygen atoms in total. The molecule has 2 atom stereocenters. The third-order valence-electron chi connectivity index (χ3n) is 10.4. The van der Waals surface area contributed by atoms with Gasteiger partial charge in [0.2, 0.25) is 0 Å². The van der Waals surface area contributed by atoms with Gasteiger partial charge in [-0.05, 0) is 76.2 Å². The summed E-state index contributed by atoms with van der Waals surface area (Å²) in [6.45, 7) is 12.9. The van der Waals surface area contributed by atoms with E-state index < -0.39 is 11.6 Å². The lowest BCUT2D eigenvalue weighted by Crippen LogP contribution is -2.43. The number of benzene rings is 2. The Morgan fingerprint density at radius 2 is 1.85 bits per heavy atom. The quantitative estimate of drug-likeness (QED) is 0.108. The van der Waals surface area contributed by atoms with Crippen LogP contribution in [-0.2, 0) is 4.79 Å². The van der Waals surface area contributed by atoms with Crippen molar-refractivity contribution in [3.8, 4) is 17.1 Å². The minimum Gasteiger partial charge on any atom is -0.461 e. The first kappa shape index (κ1) is 39.2. The Labute approximate surface area is 320 Å². The Morgan fingerprint density at radius 3 is 2.45 bits per heavy atom. The number of rotatable bonds is 12. The van der Waals surface area contributed by atoms with E-state index in [1.54, 1.807) is 13.0 Å². The second-order valence-corrected chi connectivity index (χ2v) is 16.2. The summed E-state index contributed by atoms with van der Waals surface area (Å²) in [7, 11) is 0. The van der Waals surface area contributed by atoms with Crippen LogP contribution in [0.15, 0.2) is 30.4 Å². The van der Waals surface area contributed by atoms with Crippen LogP contribution in [-0.4, -0.2) is 76.5 Å². The topological polar surface area (TPSA) is 119 Å². The Balaban J connectivity index is 0.000000467. The maximum Gasteiger partial charge on any atom is 0.319 e. The van der Waals surface area contributed by atoms with Crippen LogP contribution in [0.1, 0.15) is 85.5 Å². The Morgan fingerprint density at radius 1 is 1.13 bits per heavy atom. The Hall–Kier alpha value is -3.45. The van der Waals surface area contributed by atoms with Crippen LogP contribution in [0.3, 0.4) is 0 Å². The molecule has 2 aromatic heterocycles. The van der Waals surface area contributed by atoms with Gasteiger partial charge in [0.05, 0.1) is 26.8 Å². The van der Waals surface area contributed by atoms with E-state index in [0.717, 1.165) is 69.5 Å². The highest BCUT2D eigenvalue weighted by molar-refractivity contribution is 7.22. The van der Waals surface area contributed by atoms with E-state index in [9.17, 15) is 9.18 Å². The summed E-state index contributed by atoms with van der Waals surface area (Å²) in [5.41, 5.74) is 6.73. The number of allylic oxidation sites excluding steroid dienone is 1. The number of ketones is 1. The van der Waals surface area contributed by atoms with Gasteiger partial charge in [0, 0.05) is 36.1 Å². The van der Waals surface area contributed by atoms with Gasteiger partial charge >= 0.3 is 6.01 Å². The highest BCUT2D eigenvalue weighted by Gasteiger charge is 2.45. The molecule has 4 fully saturated rings. The number of aromatic nitrogens is 3. The predicted octanol–water partition coefficient (Wildman–Crippen LogP) is 8.96. The minimum atomic E-state index is -0.630. The molecule has 0 bridgehead atoms. The highest BCUT2D eigenvalue weighted by Crippen LogP contribution is 2.43. The number of hydrogen-bond acceptors (Lipinski definition) is 10. The Kier molecular flexibility index (Phi) is 12.8. The second kappa shape index (κ2) is 17.3. The van der Waals surface area contributed by atoms with Crippen LogP contribution in [0.25, 0.3) is 32.2 Å². The lowest BCUT2D eigenvalue weighted by Gasteiger charge is -2.31. The van der Waals surface area contributed by atoms with Crippen LogP contribution in [0, 0.1) is 17.6 Å². The first-order valence-electron chi connectivity index (χ1n) is 19.1. The standard InChI is InChI=1S/C33H39ClF2N6OS.C4H7NO.C3H6/c1-4-6-7-14-41(18-20(3)5-2)30-22-17-23(34)25(21-10-11-24(35)29-28(21)38-31(37)44-29)26(36)27(22)39-32(40-30)43-19-33-12-8-15-42(33)16-9-13-33;1-3(6)4-2-5-4;1-2-3-1/h6-7,10-11,17,20H,4-5,8-9,12-16,18-19H2,1-3H3,(H2,37,38);4-5H,2H2,1H3;1-3H2. The molecule has 1 aliphatic carbocycles. The Bertz CT molecular complexity index is 1940. The molecule has 0 radical (unpaired) electrons. The van der Waals surface area contributed by atoms with Gasteiger partial charge in [-0.25, -0.2) is 13.8 Å². The monoisotopic (exact) mass is 767 g/mol. The molecule has 0 spiro atoms. The van der Waals surface area contributed by atoms with E-state index in [-0.39, 0.29) is 54.8 Å². The maximum atomic E-state index is 16.8. The number of nitrogen functional groups attached to an aromatic ring is 1. The molecule has 53 heavy (non-hydrogen) atoms. The fourth-order valence-electron chi connectivity index (χ4n) is 7.03. The van der Waals surface area contributed by atoms with Crippen molar-refractivity contribution in [2.45, 2.75) is 97.1 Å². The van der Waals surface area contributed by atoms with E-state index >= 15 is 4.39 Å². The zero-order valence-corrected chi connectivity index (χ0v) is 32.9. The summed E-state index contributed by atoms with van der Waals surface area (Å²) < 4.78 is 38.1. The number of carbonyl (C=O) groups excluding carboxylic acids is 1. The van der Waals surface area contributed by atoms with Crippen LogP contribution < -0.4 is 20.7 Å². The fourth-order valence-corrected chi connectivity index (χ4v) is 8.09. The van der Waals surface area contributed by atoms with Gasteiger partial charge in [0.1, 0.15) is 29.5 Å². The second-order valence-electron chi connectivity index (χ2n) is 14.7. The number of carbonyl (C=O) groups is 1. The first-order valence-corrected chi connectivity index (χ1v) is 20.3. The molecular formula is C40H52ClF2N7O2S. The summed E-state index contributed by atoms with van der Waals surface area (Å²) >= 11 is 7.88. The van der Waals surface area contributed by atoms with Crippen LogP contribution in [0.5, 0.6) is 6.01 Å². The lowest BCUT2D eigenvalue weighted by molar-refractivity contribution is -0.116. The number of fused-ring (bicyclic) bond motifs is 3. The molecule has 2 aromatic carbocycles. The molecule has 4 aromatic rings. The SMILES string of the molecule is C1CC1.CC(=O)C1CN1.CCC=CCN(CC(C)CC)c1nc(OCC23CCCN2CCC3)nc2c(F)c(-c3ccc(F)c4sc(N)nc34)c(Cl)cc12. The number of Topliss-reactive ketones (excluding diaryl/α,β-unsaturated/α-hetero) is 1. The molecule has 3 N–H and O–H groups in total. The first-order chi connectivity index (χ1) is 25.5. The molecular weight excluding hydrogens is 716 g/mol. The van der Waals surface area contributed by atoms with Crippen molar-refractivity contribution in [3.05, 3.63) is 47.0 Å². The van der Waals surface area contributed by atoms with Crippen molar-refractivity contribution in [3.63, 3.8) is 0 Å². The lowest BCUT2D eigenvalue weighted by atomic mass is 9.95. The predicted molar refractivity (Wildman–Crippen MR) is 213 cm³/mol. The largest absolute Gasteiger partial charge is 0.461 e. The van der Waals surface area contributed by atoms with E-state index in [1.165, 1.54) is 31.4 Å². The summed E-state index contributed by atoms with van der Waals surface area (Å²) in [4.78, 5) is 28.7. The molecule has 286 valence electrons. The summed E-state index contributed by atoms with van der Waals surface area (Å²) in [5.74, 6) is 0.104. The van der Waals surface area contributed by atoms with Gasteiger partial charge in [-0.3, -0.25) is 9.69 Å². The van der Waals surface area contributed by atoms with Crippen LogP contribution >= 0.6 is 22.9 Å². The number of thiazole rings is 1. The van der Waals surface area contributed by atoms with Crippen molar-refractivity contribution in [1.29, 1.82) is 0 Å². The maximum absolute atomic E-state index is 16.8. The molecule has 5 heterocycles. The summed E-state index contributed by atoms with van der Waals surface area (Å²) in [6, 6.07) is 4.84. The fraction of sp³-hybridized carbons (Fsp3) is 0.550. The zero-order valence-electron chi connectivity index (χ0n) is 31.3. The van der Waals surface area contributed by atoms with Crippen molar-refractivity contribution in [2.75, 3.05) is 50.0 Å². The van der Waals surface area contributed by atoms with Crippen molar-refractivity contribution < 1.29 is 18.3 Å². The van der Waals surface area contributed by atoms with Gasteiger partial charge in [-0.1, -0.05) is 81.5 Å². The average Bonchev–Trinajstić information content (AvgIpc) is 4.07. The van der Waals surface area contributed by atoms with E-state index in [1.807, 2.05) is 0 Å². The van der Waals surface area contributed by atoms with Crippen LogP contribution in [0.4, 0.5) is 19.7 Å². The summed E-state index contributed by atoms with van der Waals surface area (Å²) in [5, 5.41) is 3.73. The number of hydrogen-bond donors (Lipinski definition) is 2. The molecule has 4 aliphatic rings. The van der Waals surface area contributed by atoms with E-state index in [0.29, 0.717) is 42.4 Å². The minimum absolute atomic E-state index is 0.0211. The van der Waals surface area contributed by atoms with Gasteiger partial charge in [0.15, 0.2) is 10.9 Å². The van der Waals surface area contributed by atoms with Gasteiger partial charge in [-0.2, -0.15) is 9.97 Å². The summed E-state index contributed by atoms with van der Waals surface area (Å²) in [6.07, 6.45) is 15.0. The smallest absolute Gasteiger partial charge is 0.319 e. The van der Waals surface area contributed by atoms with Crippen molar-refractivity contribution >= 4 is 60.8 Å². The zero-order chi connectivity index (χ0) is 37.7. The number of nitrogens with zero attached hydrogens (tertiary/aromatic N) is 5. The molecule has 1 saturated carbocycles. The third-order valence-corrected chi connectivity index (χ3v) is 11.6. The third kappa shape index (κ3) is 9.27. The molecule has 0 amide bonds. The molecule has 2 unspecified atom stereocenters. The van der Waals surface area contributed by atoms with Crippen LogP contribution in [0.2, 0.25) is 5.02 Å². The highest BCUT2D eigenvalue weighted by atomic mass is 35.5. The molecule has 3 saturated heterocycles. The number of nitrogens with one attached hydrogen (secondary N) is 1. The van der Waals surface area contributed by atoms with Gasteiger partial charge in [-0.15, -0.1) is 0 Å². The van der Waals surface area contributed by atoms with Crippen molar-refractivity contribution in [2.24, 2.45) is 5.92 Å². The normalized spacial score (nSPS) is 19.0. The van der Waals surface area contributed by atoms with E-state index in [4.69, 9.17) is 27.1 Å². The number of ether oxygens (including phenoxy) is 1. The number of halogens is 3. The number of nitrogens with two attached hydrogens (primary N) is 1. The molecule has 3 aliphatic heterocycles. The molecule has 13 heteroatoms. The van der Waals surface area contributed by atoms with Gasteiger partial charge < -0.3 is 20.7 Å². The average molecular weight is 768 g/mol.